The molecule has 0 radical (unpaired) electrons. The van der Waals surface area contributed by atoms with Crippen LogP contribution in [-0.2, 0) is 9.53 Å². The van der Waals surface area contributed by atoms with Crippen LogP contribution in [0.15, 0.2) is 48.6 Å². The van der Waals surface area contributed by atoms with Gasteiger partial charge in [0.15, 0.2) is 18.1 Å². The summed E-state index contributed by atoms with van der Waals surface area (Å²) in [6, 6.07) is 12.0. The van der Waals surface area contributed by atoms with Crippen LogP contribution in [0.4, 0.5) is 0 Å². The van der Waals surface area contributed by atoms with Gasteiger partial charge in [0.2, 0.25) is 0 Å². The van der Waals surface area contributed by atoms with Gasteiger partial charge in [-0.25, -0.2) is 4.79 Å². The number of carboxylic acid groups (broad SMARTS) is 1. The molecule has 0 spiro atoms. The van der Waals surface area contributed by atoms with Crippen molar-refractivity contribution in [3.63, 3.8) is 0 Å². The van der Waals surface area contributed by atoms with E-state index in [1.807, 2.05) is 6.92 Å². The van der Waals surface area contributed by atoms with Crippen molar-refractivity contribution >= 4 is 17.6 Å². The minimum atomic E-state index is -1.07. The Bertz CT molecular complexity index is 969. The lowest BCUT2D eigenvalue weighted by molar-refractivity contribution is -0.139. The Balaban J connectivity index is 2.05. The van der Waals surface area contributed by atoms with Crippen LogP contribution in [0.25, 0.3) is 0 Å². The van der Waals surface area contributed by atoms with Crippen LogP contribution in [0, 0.1) is 12.8 Å². The molecule has 3 rings (SSSR count). The van der Waals surface area contributed by atoms with Crippen molar-refractivity contribution < 1.29 is 24.1 Å². The van der Waals surface area contributed by atoms with Gasteiger partial charge in [0.05, 0.1) is 19.3 Å². The molecular weight excluding hydrogens is 428 g/mol. The van der Waals surface area contributed by atoms with E-state index in [0.29, 0.717) is 22.1 Å². The summed E-state index contributed by atoms with van der Waals surface area (Å²) < 4.78 is 17.8. The Hall–Kier alpha value is -2.50. The first-order chi connectivity index (χ1) is 15.2. The zero-order chi connectivity index (χ0) is 23.4. The van der Waals surface area contributed by atoms with Crippen LogP contribution in [-0.4, -0.2) is 30.9 Å². The van der Waals surface area contributed by atoms with Gasteiger partial charge in [0.25, 0.3) is 0 Å². The number of ether oxygens (including phenoxy) is 3. The van der Waals surface area contributed by atoms with E-state index in [1.54, 1.807) is 12.1 Å². The second-order valence-electron chi connectivity index (χ2n) is 8.42. The van der Waals surface area contributed by atoms with Gasteiger partial charge in [-0.05, 0) is 38.3 Å². The van der Waals surface area contributed by atoms with Crippen LogP contribution in [0.5, 0.6) is 11.5 Å². The van der Waals surface area contributed by atoms with E-state index in [0.717, 1.165) is 18.4 Å². The van der Waals surface area contributed by atoms with Gasteiger partial charge < -0.3 is 19.3 Å². The van der Waals surface area contributed by atoms with E-state index in [-0.39, 0.29) is 24.0 Å². The molecule has 1 heterocycles. The number of rotatable bonds is 8. The molecule has 2 aromatic rings. The molecule has 4 atom stereocenters. The molecule has 1 fully saturated rings. The van der Waals surface area contributed by atoms with Gasteiger partial charge in [-0.1, -0.05) is 60.5 Å². The van der Waals surface area contributed by atoms with Crippen molar-refractivity contribution in [2.24, 2.45) is 5.92 Å². The van der Waals surface area contributed by atoms with E-state index < -0.39 is 12.6 Å². The largest absolute Gasteiger partial charge is 0.493 e. The second kappa shape index (κ2) is 10.4. The predicted octanol–water partition coefficient (Wildman–Crippen LogP) is 6.34. The third-order valence-corrected chi connectivity index (χ3v) is 6.32. The van der Waals surface area contributed by atoms with Crippen molar-refractivity contribution in [1.82, 2.24) is 0 Å². The maximum absolute atomic E-state index is 11.2. The first-order valence-electron chi connectivity index (χ1n) is 10.8. The van der Waals surface area contributed by atoms with Crippen LogP contribution < -0.4 is 9.47 Å². The van der Waals surface area contributed by atoms with E-state index in [1.165, 1.54) is 18.2 Å². The number of hydrogen-bond acceptors (Lipinski definition) is 4. The number of aliphatic carboxylic acids is 1. The van der Waals surface area contributed by atoms with E-state index in [4.69, 9.17) is 30.9 Å². The summed E-state index contributed by atoms with van der Waals surface area (Å²) in [6.45, 7) is 9.94. The fraction of sp³-hybridized carbons (Fsp3) is 0.423. The normalized spacial score (nSPS) is 22.9. The molecule has 0 bridgehead atoms. The van der Waals surface area contributed by atoms with E-state index >= 15 is 0 Å². The highest BCUT2D eigenvalue weighted by Gasteiger charge is 2.40. The Kier molecular flexibility index (Phi) is 7.86. The summed E-state index contributed by atoms with van der Waals surface area (Å²) in [4.78, 5) is 11.2. The van der Waals surface area contributed by atoms with Gasteiger partial charge in [-0.3, -0.25) is 0 Å². The van der Waals surface area contributed by atoms with Crippen LogP contribution >= 0.6 is 11.6 Å². The quantitative estimate of drug-likeness (QED) is 0.468. The molecule has 0 aromatic heterocycles. The van der Waals surface area contributed by atoms with Crippen molar-refractivity contribution in [3.05, 3.63) is 70.3 Å². The van der Waals surface area contributed by atoms with Crippen molar-refractivity contribution in [1.29, 1.82) is 0 Å². The minimum Gasteiger partial charge on any atom is -0.493 e. The summed E-state index contributed by atoms with van der Waals surface area (Å²) in [6.07, 6.45) is 1.29. The Labute approximate surface area is 195 Å². The van der Waals surface area contributed by atoms with Crippen LogP contribution in [0.1, 0.15) is 55.4 Å². The Morgan fingerprint density at radius 3 is 2.53 bits per heavy atom. The first kappa shape index (κ1) is 24.1. The molecule has 0 saturated carbocycles. The molecular formula is C26H31ClO5. The molecule has 0 aliphatic carbocycles. The number of halogens is 1. The fourth-order valence-electron chi connectivity index (χ4n) is 4.46. The SMILES string of the molecule is C=C(C)[C@H]1C[C@H](c2ccc(C)cc2)[C@H](CC)O[C@@H]1c1cc(Cl)cc(OC)c1OCC(=O)O. The lowest BCUT2D eigenvalue weighted by Gasteiger charge is -2.43. The molecule has 0 unspecified atom stereocenters. The summed E-state index contributed by atoms with van der Waals surface area (Å²) >= 11 is 6.39. The number of carboxylic acids is 1. The third-order valence-electron chi connectivity index (χ3n) is 6.10. The molecule has 2 aromatic carbocycles. The zero-order valence-corrected chi connectivity index (χ0v) is 19.8. The molecule has 1 aliphatic heterocycles. The highest BCUT2D eigenvalue weighted by atomic mass is 35.5. The maximum atomic E-state index is 11.2. The smallest absolute Gasteiger partial charge is 0.341 e. The summed E-state index contributed by atoms with van der Waals surface area (Å²) in [5.74, 6) is -0.118. The van der Waals surface area contributed by atoms with Crippen LogP contribution in [0.3, 0.4) is 0 Å². The Morgan fingerprint density at radius 1 is 1.28 bits per heavy atom. The average Bonchev–Trinajstić information content (AvgIpc) is 2.77. The monoisotopic (exact) mass is 458 g/mol. The molecule has 1 saturated heterocycles. The highest BCUT2D eigenvalue weighted by molar-refractivity contribution is 6.30. The van der Waals surface area contributed by atoms with Gasteiger partial charge in [0, 0.05) is 28.5 Å². The maximum Gasteiger partial charge on any atom is 0.341 e. The summed E-state index contributed by atoms with van der Waals surface area (Å²) in [5.41, 5.74) is 4.14. The lowest BCUT2D eigenvalue weighted by Crippen LogP contribution is -2.36. The van der Waals surface area contributed by atoms with Gasteiger partial charge >= 0.3 is 5.97 Å². The fourth-order valence-corrected chi connectivity index (χ4v) is 4.68. The standard InChI is InChI=1S/C26H31ClO5/c1-6-22-20(17-9-7-16(4)8-10-17)13-19(15(2)3)25(32-22)21-11-18(27)12-23(30-5)26(21)31-14-24(28)29/h7-12,19-20,22,25H,2,6,13-14H2,1,3-5H3,(H,28,29)/t19-,20-,22+,25+/m1/s1. The topological polar surface area (TPSA) is 65.0 Å². The number of methoxy groups -OCH3 is 1. The molecule has 172 valence electrons. The molecule has 32 heavy (non-hydrogen) atoms. The van der Waals surface area contributed by atoms with E-state index in [2.05, 4.69) is 44.7 Å². The number of carbonyl (C=O) groups is 1. The van der Waals surface area contributed by atoms with Crippen molar-refractivity contribution in [2.45, 2.75) is 51.7 Å². The average molecular weight is 459 g/mol. The number of benzene rings is 2. The molecule has 5 nitrogen and oxygen atoms in total. The van der Waals surface area contributed by atoms with Gasteiger partial charge in [-0.2, -0.15) is 0 Å². The number of aryl methyl sites for hydroxylation is 1. The molecule has 1 aliphatic rings. The number of hydrogen-bond donors (Lipinski definition) is 1. The van der Waals surface area contributed by atoms with Crippen molar-refractivity contribution in [3.8, 4) is 11.5 Å². The Morgan fingerprint density at radius 2 is 1.97 bits per heavy atom. The van der Waals surface area contributed by atoms with Gasteiger partial charge in [0.1, 0.15) is 0 Å². The summed E-state index contributed by atoms with van der Waals surface area (Å²) in [5, 5.41) is 9.63. The summed E-state index contributed by atoms with van der Waals surface area (Å²) in [7, 11) is 1.50. The molecule has 6 heteroatoms. The molecule has 0 amide bonds. The highest BCUT2D eigenvalue weighted by Crippen LogP contribution is 2.51. The zero-order valence-electron chi connectivity index (χ0n) is 19.1. The lowest BCUT2D eigenvalue weighted by atomic mass is 9.75. The predicted molar refractivity (Wildman–Crippen MR) is 126 cm³/mol. The van der Waals surface area contributed by atoms with Gasteiger partial charge in [-0.15, -0.1) is 0 Å². The minimum absolute atomic E-state index is 0.000506. The second-order valence-corrected chi connectivity index (χ2v) is 8.85. The molecule has 1 N–H and O–H groups in total. The third kappa shape index (κ3) is 5.28. The van der Waals surface area contributed by atoms with Crippen LogP contribution in [0.2, 0.25) is 5.02 Å². The first-order valence-corrected chi connectivity index (χ1v) is 11.2. The van der Waals surface area contributed by atoms with E-state index in [9.17, 15) is 4.79 Å². The van der Waals surface area contributed by atoms with Crippen molar-refractivity contribution in [2.75, 3.05) is 13.7 Å².